The highest BCUT2D eigenvalue weighted by Crippen LogP contribution is 2.16. The molecule has 1 atom stereocenters. The SMILES string of the molecule is Cl.NCC1CCCS(=O)(=O)C1. The summed E-state index contributed by atoms with van der Waals surface area (Å²) in [6.45, 7) is 0.513. The summed E-state index contributed by atoms with van der Waals surface area (Å²) in [5.41, 5.74) is 5.36. The van der Waals surface area contributed by atoms with E-state index >= 15 is 0 Å². The number of hydrogen-bond acceptors (Lipinski definition) is 3. The second-order valence-electron chi connectivity index (χ2n) is 2.86. The monoisotopic (exact) mass is 199 g/mol. The molecule has 1 aliphatic heterocycles. The molecule has 0 bridgehead atoms. The first kappa shape index (κ1) is 11.2. The molecule has 0 aromatic carbocycles. The molecule has 0 aromatic heterocycles. The van der Waals surface area contributed by atoms with Crippen molar-refractivity contribution in [3.05, 3.63) is 0 Å². The Labute approximate surface area is 73.7 Å². The van der Waals surface area contributed by atoms with Gasteiger partial charge in [0, 0.05) is 0 Å². The standard InChI is InChI=1S/C6H13NO2S.ClH/c7-4-6-2-1-3-10(8,9)5-6;/h6H,1-5,7H2;1H. The van der Waals surface area contributed by atoms with Crippen molar-refractivity contribution in [1.29, 1.82) is 0 Å². The quantitative estimate of drug-likeness (QED) is 0.656. The molecule has 5 heteroatoms. The van der Waals surface area contributed by atoms with Gasteiger partial charge in [0.1, 0.15) is 0 Å². The van der Waals surface area contributed by atoms with Crippen LogP contribution in [0.2, 0.25) is 0 Å². The van der Waals surface area contributed by atoms with Crippen LogP contribution in [0.25, 0.3) is 0 Å². The minimum Gasteiger partial charge on any atom is -0.330 e. The lowest BCUT2D eigenvalue weighted by atomic mass is 10.1. The second-order valence-corrected chi connectivity index (χ2v) is 5.09. The van der Waals surface area contributed by atoms with Crippen LogP contribution in [-0.2, 0) is 9.84 Å². The van der Waals surface area contributed by atoms with Crippen molar-refractivity contribution in [3.63, 3.8) is 0 Å². The molecule has 1 rings (SSSR count). The van der Waals surface area contributed by atoms with Crippen molar-refractivity contribution >= 4 is 22.2 Å². The Hall–Kier alpha value is 0.200. The van der Waals surface area contributed by atoms with Crippen molar-refractivity contribution in [2.75, 3.05) is 18.1 Å². The average Bonchev–Trinajstić information content (AvgIpc) is 1.86. The maximum atomic E-state index is 11.0. The molecule has 68 valence electrons. The topological polar surface area (TPSA) is 60.2 Å². The molecule has 0 radical (unpaired) electrons. The van der Waals surface area contributed by atoms with E-state index in [1.807, 2.05) is 0 Å². The van der Waals surface area contributed by atoms with E-state index in [1.165, 1.54) is 0 Å². The highest BCUT2D eigenvalue weighted by molar-refractivity contribution is 7.91. The van der Waals surface area contributed by atoms with Crippen LogP contribution in [0.4, 0.5) is 0 Å². The third kappa shape index (κ3) is 3.40. The maximum Gasteiger partial charge on any atom is 0.150 e. The van der Waals surface area contributed by atoms with Gasteiger partial charge < -0.3 is 5.73 Å². The first-order chi connectivity index (χ1) is 4.64. The average molecular weight is 200 g/mol. The summed E-state index contributed by atoms with van der Waals surface area (Å²) in [6.07, 6.45) is 1.78. The van der Waals surface area contributed by atoms with Crippen molar-refractivity contribution in [3.8, 4) is 0 Å². The highest BCUT2D eigenvalue weighted by Gasteiger charge is 2.22. The van der Waals surface area contributed by atoms with E-state index in [4.69, 9.17) is 5.73 Å². The Balaban J connectivity index is 0.000001000. The predicted octanol–water partition coefficient (Wildman–Crippen LogP) is 0.192. The number of rotatable bonds is 1. The van der Waals surface area contributed by atoms with Gasteiger partial charge in [0.25, 0.3) is 0 Å². The zero-order chi connectivity index (χ0) is 7.61. The third-order valence-corrected chi connectivity index (χ3v) is 3.78. The van der Waals surface area contributed by atoms with Crippen molar-refractivity contribution < 1.29 is 8.42 Å². The van der Waals surface area contributed by atoms with Crippen LogP contribution in [-0.4, -0.2) is 26.5 Å². The Bertz CT molecular complexity index is 203. The van der Waals surface area contributed by atoms with E-state index in [1.54, 1.807) is 0 Å². The number of sulfone groups is 1. The lowest BCUT2D eigenvalue weighted by Gasteiger charge is -2.19. The molecule has 0 saturated carbocycles. The van der Waals surface area contributed by atoms with Crippen LogP contribution in [0.15, 0.2) is 0 Å². The normalized spacial score (nSPS) is 29.0. The molecule has 11 heavy (non-hydrogen) atoms. The molecule has 1 saturated heterocycles. The minimum absolute atomic E-state index is 0. The van der Waals surface area contributed by atoms with Crippen LogP contribution in [0.5, 0.6) is 0 Å². The number of hydrogen-bond donors (Lipinski definition) is 1. The summed E-state index contributed by atoms with van der Waals surface area (Å²) in [6, 6.07) is 0. The van der Waals surface area contributed by atoms with Gasteiger partial charge in [-0.2, -0.15) is 0 Å². The molecule has 0 aromatic rings. The van der Waals surface area contributed by atoms with Crippen LogP contribution in [0.1, 0.15) is 12.8 Å². The van der Waals surface area contributed by atoms with E-state index in [2.05, 4.69) is 0 Å². The Morgan fingerprint density at radius 3 is 2.45 bits per heavy atom. The fourth-order valence-corrected chi connectivity index (χ4v) is 3.10. The second kappa shape index (κ2) is 4.28. The van der Waals surface area contributed by atoms with Gasteiger partial charge in [-0.15, -0.1) is 12.4 Å². The summed E-state index contributed by atoms with van der Waals surface area (Å²) >= 11 is 0. The minimum atomic E-state index is -2.72. The van der Waals surface area contributed by atoms with E-state index < -0.39 is 9.84 Å². The van der Waals surface area contributed by atoms with Gasteiger partial charge in [-0.25, -0.2) is 8.42 Å². The molecular formula is C6H14ClNO2S. The first-order valence-electron chi connectivity index (χ1n) is 3.54. The third-order valence-electron chi connectivity index (χ3n) is 1.89. The van der Waals surface area contributed by atoms with Crippen LogP contribution >= 0.6 is 12.4 Å². The van der Waals surface area contributed by atoms with E-state index in [9.17, 15) is 8.42 Å². The molecule has 0 spiro atoms. The zero-order valence-corrected chi connectivity index (χ0v) is 7.96. The van der Waals surface area contributed by atoms with Crippen LogP contribution in [0.3, 0.4) is 0 Å². The van der Waals surface area contributed by atoms with Gasteiger partial charge in [-0.1, -0.05) is 0 Å². The van der Waals surface area contributed by atoms with Gasteiger partial charge in [0.05, 0.1) is 11.5 Å². The lowest BCUT2D eigenvalue weighted by Crippen LogP contribution is -2.29. The molecule has 0 aliphatic carbocycles. The van der Waals surface area contributed by atoms with E-state index in [0.29, 0.717) is 18.1 Å². The Morgan fingerprint density at radius 1 is 1.45 bits per heavy atom. The molecular weight excluding hydrogens is 186 g/mol. The molecule has 1 unspecified atom stereocenters. The fraction of sp³-hybridized carbons (Fsp3) is 1.00. The summed E-state index contributed by atoms with van der Waals surface area (Å²) in [7, 11) is -2.72. The Kier molecular flexibility index (Phi) is 4.36. The smallest absolute Gasteiger partial charge is 0.150 e. The zero-order valence-electron chi connectivity index (χ0n) is 6.32. The van der Waals surface area contributed by atoms with Crippen LogP contribution in [0, 0.1) is 5.92 Å². The summed E-state index contributed by atoms with van der Waals surface area (Å²) in [5.74, 6) is 0.895. The van der Waals surface area contributed by atoms with E-state index in [0.717, 1.165) is 12.8 Å². The summed E-state index contributed by atoms with van der Waals surface area (Å²) in [4.78, 5) is 0. The Morgan fingerprint density at radius 2 is 2.09 bits per heavy atom. The van der Waals surface area contributed by atoms with Gasteiger partial charge in [-0.05, 0) is 25.3 Å². The van der Waals surface area contributed by atoms with Gasteiger partial charge in [0.15, 0.2) is 9.84 Å². The molecule has 1 heterocycles. The summed E-state index contributed by atoms with van der Waals surface area (Å²) < 4.78 is 21.9. The van der Waals surface area contributed by atoms with Crippen molar-refractivity contribution in [2.24, 2.45) is 11.7 Å². The molecule has 3 nitrogen and oxygen atoms in total. The van der Waals surface area contributed by atoms with Gasteiger partial charge in [0.2, 0.25) is 0 Å². The molecule has 1 fully saturated rings. The van der Waals surface area contributed by atoms with E-state index in [-0.39, 0.29) is 18.3 Å². The first-order valence-corrected chi connectivity index (χ1v) is 5.37. The number of halogens is 1. The fourth-order valence-electron chi connectivity index (χ4n) is 1.30. The van der Waals surface area contributed by atoms with Crippen molar-refractivity contribution in [2.45, 2.75) is 12.8 Å². The predicted molar refractivity (Wildman–Crippen MR) is 47.7 cm³/mol. The lowest BCUT2D eigenvalue weighted by molar-refractivity contribution is 0.493. The maximum absolute atomic E-state index is 11.0. The largest absolute Gasteiger partial charge is 0.330 e. The molecule has 1 aliphatic rings. The molecule has 0 amide bonds. The van der Waals surface area contributed by atoms with Gasteiger partial charge in [-0.3, -0.25) is 0 Å². The summed E-state index contributed by atoms with van der Waals surface area (Å²) in [5, 5.41) is 0. The van der Waals surface area contributed by atoms with Crippen molar-refractivity contribution in [1.82, 2.24) is 0 Å². The number of nitrogens with two attached hydrogens (primary N) is 1. The molecule has 2 N–H and O–H groups in total. The van der Waals surface area contributed by atoms with Crippen LogP contribution < -0.4 is 5.73 Å². The highest BCUT2D eigenvalue weighted by atomic mass is 35.5. The van der Waals surface area contributed by atoms with Gasteiger partial charge >= 0.3 is 0 Å².